The summed E-state index contributed by atoms with van der Waals surface area (Å²) in [6.45, 7) is 0.955. The monoisotopic (exact) mass is 249 g/mol. The molecule has 0 saturated heterocycles. The van der Waals surface area contributed by atoms with Gasteiger partial charge in [0.05, 0.1) is 12.7 Å². The van der Waals surface area contributed by atoms with Gasteiger partial charge in [0, 0.05) is 6.04 Å². The van der Waals surface area contributed by atoms with Crippen molar-refractivity contribution in [1.29, 1.82) is 0 Å². The summed E-state index contributed by atoms with van der Waals surface area (Å²) in [5.41, 5.74) is 7.01. The molecule has 0 amide bonds. The zero-order valence-corrected chi connectivity index (χ0v) is 10.4. The van der Waals surface area contributed by atoms with Gasteiger partial charge in [0.1, 0.15) is 0 Å². The molecular weight excluding hydrogens is 230 g/mol. The van der Waals surface area contributed by atoms with Crippen LogP contribution in [0.15, 0.2) is 18.2 Å². The van der Waals surface area contributed by atoms with Crippen molar-refractivity contribution >= 4 is 0 Å². The lowest BCUT2D eigenvalue weighted by Gasteiger charge is -2.26. The Labute approximate surface area is 107 Å². The Kier molecular flexibility index (Phi) is 3.39. The standard InChI is InChI=1S/C14H19NO3/c15-11-2-4-12(5-3-11)16-8-10-1-6-13-14(7-10)18-9-17-13/h1,6-7,11-12H,2-5,8-9,15H2. The highest BCUT2D eigenvalue weighted by Gasteiger charge is 2.19. The lowest BCUT2D eigenvalue weighted by Crippen LogP contribution is -2.30. The van der Waals surface area contributed by atoms with E-state index in [1.165, 1.54) is 0 Å². The zero-order valence-electron chi connectivity index (χ0n) is 10.4. The highest BCUT2D eigenvalue weighted by molar-refractivity contribution is 5.44. The minimum atomic E-state index is 0.320. The normalized spacial score (nSPS) is 26.3. The van der Waals surface area contributed by atoms with E-state index in [-0.39, 0.29) is 0 Å². The first kappa shape index (κ1) is 11.8. The third-order valence-electron chi connectivity index (χ3n) is 3.64. The largest absolute Gasteiger partial charge is 0.454 e. The summed E-state index contributed by atoms with van der Waals surface area (Å²) in [6, 6.07) is 6.34. The lowest BCUT2D eigenvalue weighted by atomic mass is 9.94. The molecule has 1 aromatic carbocycles. The van der Waals surface area contributed by atoms with E-state index in [2.05, 4.69) is 0 Å². The number of hydrogen-bond donors (Lipinski definition) is 1. The van der Waals surface area contributed by atoms with Gasteiger partial charge in [-0.3, -0.25) is 0 Å². The number of rotatable bonds is 3. The first-order valence-electron chi connectivity index (χ1n) is 6.57. The molecule has 2 N–H and O–H groups in total. The Balaban J connectivity index is 1.54. The highest BCUT2D eigenvalue weighted by atomic mass is 16.7. The van der Waals surface area contributed by atoms with Gasteiger partial charge in [0.25, 0.3) is 0 Å². The summed E-state index contributed by atoms with van der Waals surface area (Å²) >= 11 is 0. The van der Waals surface area contributed by atoms with Crippen molar-refractivity contribution in [2.24, 2.45) is 5.73 Å². The van der Waals surface area contributed by atoms with Gasteiger partial charge in [-0.2, -0.15) is 0 Å². The second-order valence-corrected chi connectivity index (χ2v) is 5.04. The van der Waals surface area contributed by atoms with E-state index in [1.807, 2.05) is 18.2 Å². The SMILES string of the molecule is NC1CCC(OCc2ccc3c(c2)OCO3)CC1. The van der Waals surface area contributed by atoms with E-state index in [0.717, 1.165) is 42.7 Å². The van der Waals surface area contributed by atoms with Gasteiger partial charge in [-0.15, -0.1) is 0 Å². The summed E-state index contributed by atoms with van der Waals surface area (Å²) in [4.78, 5) is 0. The van der Waals surface area contributed by atoms with Crippen LogP contribution in [-0.4, -0.2) is 18.9 Å². The molecule has 1 aliphatic heterocycles. The third kappa shape index (κ3) is 2.60. The fourth-order valence-corrected chi connectivity index (χ4v) is 2.50. The van der Waals surface area contributed by atoms with Crippen LogP contribution in [0.4, 0.5) is 0 Å². The Morgan fingerprint density at radius 1 is 1.11 bits per heavy atom. The smallest absolute Gasteiger partial charge is 0.231 e. The maximum atomic E-state index is 5.93. The summed E-state index contributed by atoms with van der Waals surface area (Å²) < 4.78 is 16.6. The average Bonchev–Trinajstić information content (AvgIpc) is 2.85. The summed E-state index contributed by atoms with van der Waals surface area (Å²) in [5, 5.41) is 0. The van der Waals surface area contributed by atoms with Crippen LogP contribution in [0.25, 0.3) is 0 Å². The Hall–Kier alpha value is -1.26. The summed E-state index contributed by atoms with van der Waals surface area (Å²) in [7, 11) is 0. The van der Waals surface area contributed by atoms with Crippen LogP contribution in [0.2, 0.25) is 0 Å². The molecule has 0 unspecified atom stereocenters. The van der Waals surface area contributed by atoms with Crippen LogP contribution < -0.4 is 15.2 Å². The quantitative estimate of drug-likeness (QED) is 0.892. The molecule has 1 aliphatic carbocycles. The van der Waals surface area contributed by atoms with Crippen molar-refractivity contribution < 1.29 is 14.2 Å². The van der Waals surface area contributed by atoms with Crippen molar-refractivity contribution in [2.75, 3.05) is 6.79 Å². The molecule has 98 valence electrons. The van der Waals surface area contributed by atoms with Crippen molar-refractivity contribution in [3.8, 4) is 11.5 Å². The van der Waals surface area contributed by atoms with Crippen molar-refractivity contribution in [3.05, 3.63) is 23.8 Å². The van der Waals surface area contributed by atoms with E-state index < -0.39 is 0 Å². The molecule has 1 saturated carbocycles. The molecular formula is C14H19NO3. The van der Waals surface area contributed by atoms with Crippen LogP contribution in [0.5, 0.6) is 11.5 Å². The molecule has 1 aromatic rings. The topological polar surface area (TPSA) is 53.7 Å². The van der Waals surface area contributed by atoms with Crippen molar-refractivity contribution in [3.63, 3.8) is 0 Å². The van der Waals surface area contributed by atoms with Gasteiger partial charge in [-0.1, -0.05) is 6.07 Å². The zero-order chi connectivity index (χ0) is 12.4. The molecule has 18 heavy (non-hydrogen) atoms. The second-order valence-electron chi connectivity index (χ2n) is 5.04. The predicted molar refractivity (Wildman–Crippen MR) is 67.6 cm³/mol. The van der Waals surface area contributed by atoms with Gasteiger partial charge in [0.15, 0.2) is 11.5 Å². The fraction of sp³-hybridized carbons (Fsp3) is 0.571. The van der Waals surface area contributed by atoms with Crippen LogP contribution >= 0.6 is 0 Å². The van der Waals surface area contributed by atoms with Gasteiger partial charge < -0.3 is 19.9 Å². The molecule has 0 aromatic heterocycles. The van der Waals surface area contributed by atoms with Gasteiger partial charge in [0.2, 0.25) is 6.79 Å². The second kappa shape index (κ2) is 5.16. The minimum absolute atomic E-state index is 0.320. The van der Waals surface area contributed by atoms with Crippen LogP contribution in [-0.2, 0) is 11.3 Å². The molecule has 0 atom stereocenters. The van der Waals surface area contributed by atoms with Gasteiger partial charge in [-0.25, -0.2) is 0 Å². The molecule has 1 fully saturated rings. The molecule has 4 nitrogen and oxygen atoms in total. The van der Waals surface area contributed by atoms with Crippen LogP contribution in [0, 0.1) is 0 Å². The van der Waals surface area contributed by atoms with E-state index in [0.29, 0.717) is 25.5 Å². The summed E-state index contributed by atoms with van der Waals surface area (Å²) in [5.74, 6) is 1.64. The van der Waals surface area contributed by atoms with Gasteiger partial charge in [-0.05, 0) is 43.4 Å². The average molecular weight is 249 g/mol. The number of hydrogen-bond acceptors (Lipinski definition) is 4. The number of fused-ring (bicyclic) bond motifs is 1. The van der Waals surface area contributed by atoms with E-state index in [1.54, 1.807) is 0 Å². The van der Waals surface area contributed by atoms with Crippen molar-refractivity contribution in [1.82, 2.24) is 0 Å². The number of ether oxygens (including phenoxy) is 3. The number of benzene rings is 1. The minimum Gasteiger partial charge on any atom is -0.454 e. The maximum absolute atomic E-state index is 5.93. The Morgan fingerprint density at radius 2 is 1.89 bits per heavy atom. The van der Waals surface area contributed by atoms with E-state index in [4.69, 9.17) is 19.9 Å². The van der Waals surface area contributed by atoms with E-state index in [9.17, 15) is 0 Å². The molecule has 0 radical (unpaired) electrons. The third-order valence-corrected chi connectivity index (χ3v) is 3.64. The molecule has 1 heterocycles. The van der Waals surface area contributed by atoms with Crippen LogP contribution in [0.1, 0.15) is 31.2 Å². The lowest BCUT2D eigenvalue weighted by molar-refractivity contribution is 0.0137. The number of nitrogens with two attached hydrogens (primary N) is 1. The first-order chi connectivity index (χ1) is 8.81. The molecule has 2 aliphatic rings. The highest BCUT2D eigenvalue weighted by Crippen LogP contribution is 2.33. The summed E-state index contributed by atoms with van der Waals surface area (Å²) in [6.07, 6.45) is 4.66. The van der Waals surface area contributed by atoms with E-state index >= 15 is 0 Å². The molecule has 4 heteroatoms. The first-order valence-corrected chi connectivity index (χ1v) is 6.57. The van der Waals surface area contributed by atoms with Crippen LogP contribution in [0.3, 0.4) is 0 Å². The molecule has 0 bridgehead atoms. The molecule has 3 rings (SSSR count). The predicted octanol–water partition coefficient (Wildman–Crippen LogP) is 2.20. The Morgan fingerprint density at radius 3 is 2.72 bits per heavy atom. The van der Waals surface area contributed by atoms with Gasteiger partial charge >= 0.3 is 0 Å². The molecule has 0 spiro atoms. The fourth-order valence-electron chi connectivity index (χ4n) is 2.50. The van der Waals surface area contributed by atoms with Crippen molar-refractivity contribution in [2.45, 2.75) is 44.4 Å². The Bertz CT molecular complexity index is 414. The maximum Gasteiger partial charge on any atom is 0.231 e.